The van der Waals surface area contributed by atoms with E-state index in [-0.39, 0.29) is 5.69 Å². The van der Waals surface area contributed by atoms with Crippen LogP contribution in [0.1, 0.15) is 10.5 Å². The number of esters is 1. The fourth-order valence-corrected chi connectivity index (χ4v) is 1.14. The fraction of sp³-hybridized carbons (Fsp3) is 0.286. The molecule has 0 aromatic carbocycles. The number of aryl methyl sites for hydroxylation is 1. The standard InChI is InChI=1S/C7H8N6O2/c1-13-6(8-3-9-13)4-5(7(14)15-2)11-12-10-4/h3H,1-2H3,(H,10,11,12). The molecule has 2 rings (SSSR count). The second kappa shape index (κ2) is 3.48. The van der Waals surface area contributed by atoms with E-state index in [1.807, 2.05) is 0 Å². The van der Waals surface area contributed by atoms with Crippen molar-refractivity contribution in [2.24, 2.45) is 7.05 Å². The summed E-state index contributed by atoms with van der Waals surface area (Å²) in [6.07, 6.45) is 1.37. The first-order valence-corrected chi connectivity index (χ1v) is 4.07. The molecule has 0 aliphatic carbocycles. The van der Waals surface area contributed by atoms with Gasteiger partial charge in [-0.3, -0.25) is 0 Å². The zero-order valence-electron chi connectivity index (χ0n) is 8.13. The molecule has 0 saturated carbocycles. The highest BCUT2D eigenvalue weighted by molar-refractivity contribution is 5.92. The van der Waals surface area contributed by atoms with Gasteiger partial charge in [-0.15, -0.1) is 5.10 Å². The third-order valence-corrected chi connectivity index (χ3v) is 1.85. The molecule has 0 spiro atoms. The van der Waals surface area contributed by atoms with Crippen molar-refractivity contribution in [2.45, 2.75) is 0 Å². The van der Waals surface area contributed by atoms with Crippen LogP contribution in [0.5, 0.6) is 0 Å². The monoisotopic (exact) mass is 208 g/mol. The highest BCUT2D eigenvalue weighted by atomic mass is 16.5. The fourth-order valence-electron chi connectivity index (χ4n) is 1.14. The molecule has 0 amide bonds. The summed E-state index contributed by atoms with van der Waals surface area (Å²) in [6.45, 7) is 0. The summed E-state index contributed by atoms with van der Waals surface area (Å²) in [7, 11) is 2.97. The predicted molar refractivity (Wildman–Crippen MR) is 47.7 cm³/mol. The summed E-state index contributed by atoms with van der Waals surface area (Å²) in [5, 5.41) is 13.7. The number of aromatic amines is 1. The molecule has 0 fully saturated rings. The second-order valence-electron chi connectivity index (χ2n) is 2.72. The van der Waals surface area contributed by atoms with Gasteiger partial charge in [0.25, 0.3) is 0 Å². The molecule has 15 heavy (non-hydrogen) atoms. The number of rotatable bonds is 2. The van der Waals surface area contributed by atoms with Gasteiger partial charge in [-0.2, -0.15) is 15.4 Å². The number of hydrogen-bond donors (Lipinski definition) is 1. The normalized spacial score (nSPS) is 10.3. The summed E-state index contributed by atoms with van der Waals surface area (Å²) in [4.78, 5) is 15.3. The minimum absolute atomic E-state index is 0.0913. The summed E-state index contributed by atoms with van der Waals surface area (Å²) in [5.41, 5.74) is 0.412. The summed E-state index contributed by atoms with van der Waals surface area (Å²) >= 11 is 0. The molecule has 8 nitrogen and oxygen atoms in total. The molecule has 1 N–H and O–H groups in total. The lowest BCUT2D eigenvalue weighted by atomic mass is 10.3. The van der Waals surface area contributed by atoms with Gasteiger partial charge in [0, 0.05) is 7.05 Å². The van der Waals surface area contributed by atoms with E-state index in [1.54, 1.807) is 7.05 Å². The van der Waals surface area contributed by atoms with Gasteiger partial charge >= 0.3 is 5.97 Å². The third kappa shape index (κ3) is 1.45. The Labute approximate surface area is 84.3 Å². The van der Waals surface area contributed by atoms with Gasteiger partial charge < -0.3 is 4.74 Å². The lowest BCUT2D eigenvalue weighted by Gasteiger charge is -1.97. The first-order valence-electron chi connectivity index (χ1n) is 4.07. The maximum atomic E-state index is 11.3. The molecule has 0 atom stereocenters. The lowest BCUT2D eigenvalue weighted by molar-refractivity contribution is 0.0595. The predicted octanol–water partition coefficient (Wildman–Crippen LogP) is -0.613. The van der Waals surface area contributed by atoms with Crippen molar-refractivity contribution < 1.29 is 9.53 Å². The Bertz CT molecular complexity index is 487. The average Bonchev–Trinajstić information content (AvgIpc) is 2.84. The van der Waals surface area contributed by atoms with Crippen LogP contribution in [-0.4, -0.2) is 43.3 Å². The highest BCUT2D eigenvalue weighted by Gasteiger charge is 2.21. The Morgan fingerprint density at radius 1 is 1.53 bits per heavy atom. The maximum Gasteiger partial charge on any atom is 0.361 e. The van der Waals surface area contributed by atoms with Gasteiger partial charge in [0.1, 0.15) is 6.33 Å². The quantitative estimate of drug-likeness (QED) is 0.661. The smallest absolute Gasteiger partial charge is 0.361 e. The van der Waals surface area contributed by atoms with Crippen LogP contribution in [0.3, 0.4) is 0 Å². The van der Waals surface area contributed by atoms with Gasteiger partial charge in [-0.1, -0.05) is 0 Å². The van der Waals surface area contributed by atoms with Crippen molar-refractivity contribution >= 4 is 5.97 Å². The first kappa shape index (κ1) is 9.31. The van der Waals surface area contributed by atoms with Crippen molar-refractivity contribution in [3.8, 4) is 11.5 Å². The molecule has 0 unspecified atom stereocenters. The summed E-state index contributed by atoms with van der Waals surface area (Å²) in [5.74, 6) is -0.120. The molecule has 2 aromatic heterocycles. The molecule has 0 saturated heterocycles. The number of methoxy groups -OCH3 is 1. The van der Waals surface area contributed by atoms with E-state index in [4.69, 9.17) is 0 Å². The molecule has 2 aromatic rings. The Balaban J connectivity index is 2.50. The zero-order chi connectivity index (χ0) is 10.8. The highest BCUT2D eigenvalue weighted by Crippen LogP contribution is 2.15. The maximum absolute atomic E-state index is 11.3. The van der Waals surface area contributed by atoms with Crippen LogP contribution in [-0.2, 0) is 11.8 Å². The van der Waals surface area contributed by atoms with Crippen molar-refractivity contribution in [2.75, 3.05) is 7.11 Å². The molecule has 0 aliphatic heterocycles. The number of carbonyl (C=O) groups is 1. The van der Waals surface area contributed by atoms with Crippen molar-refractivity contribution in [1.82, 2.24) is 30.2 Å². The van der Waals surface area contributed by atoms with Crippen LogP contribution >= 0.6 is 0 Å². The van der Waals surface area contributed by atoms with Crippen LogP contribution in [0, 0.1) is 0 Å². The number of hydrogen-bond acceptors (Lipinski definition) is 6. The molecule has 0 radical (unpaired) electrons. The van der Waals surface area contributed by atoms with Crippen LogP contribution in [0.15, 0.2) is 6.33 Å². The Kier molecular flexibility index (Phi) is 2.16. The van der Waals surface area contributed by atoms with E-state index in [1.165, 1.54) is 18.1 Å². The molecule has 2 heterocycles. The first-order chi connectivity index (χ1) is 7.24. The van der Waals surface area contributed by atoms with E-state index in [9.17, 15) is 4.79 Å². The van der Waals surface area contributed by atoms with Crippen LogP contribution in [0.2, 0.25) is 0 Å². The zero-order valence-corrected chi connectivity index (χ0v) is 8.13. The average molecular weight is 208 g/mol. The molecular weight excluding hydrogens is 200 g/mol. The summed E-state index contributed by atoms with van der Waals surface area (Å²) < 4.78 is 6.04. The number of nitrogens with zero attached hydrogens (tertiary/aromatic N) is 5. The van der Waals surface area contributed by atoms with Crippen molar-refractivity contribution in [3.63, 3.8) is 0 Å². The number of aromatic nitrogens is 6. The minimum atomic E-state index is -0.568. The number of H-pyrrole nitrogens is 1. The van der Waals surface area contributed by atoms with Gasteiger partial charge in [0.05, 0.1) is 7.11 Å². The molecule has 0 bridgehead atoms. The van der Waals surface area contributed by atoms with E-state index < -0.39 is 5.97 Å². The Morgan fingerprint density at radius 2 is 2.33 bits per heavy atom. The van der Waals surface area contributed by atoms with E-state index in [0.717, 1.165) is 0 Å². The molecule has 0 aliphatic rings. The van der Waals surface area contributed by atoms with Crippen molar-refractivity contribution in [3.05, 3.63) is 12.0 Å². The van der Waals surface area contributed by atoms with Gasteiger partial charge in [0.15, 0.2) is 11.5 Å². The molecule has 8 heteroatoms. The largest absolute Gasteiger partial charge is 0.464 e. The van der Waals surface area contributed by atoms with Gasteiger partial charge in [-0.25, -0.2) is 14.5 Å². The van der Waals surface area contributed by atoms with Crippen LogP contribution in [0.25, 0.3) is 11.5 Å². The topological polar surface area (TPSA) is 98.6 Å². The number of ether oxygens (including phenoxy) is 1. The molecular formula is C7H8N6O2. The van der Waals surface area contributed by atoms with Crippen molar-refractivity contribution in [1.29, 1.82) is 0 Å². The van der Waals surface area contributed by atoms with E-state index >= 15 is 0 Å². The van der Waals surface area contributed by atoms with Gasteiger partial charge in [-0.05, 0) is 0 Å². The van der Waals surface area contributed by atoms with Gasteiger partial charge in [0.2, 0.25) is 5.69 Å². The Hall–Kier alpha value is -2.25. The second-order valence-corrected chi connectivity index (χ2v) is 2.72. The third-order valence-electron chi connectivity index (χ3n) is 1.85. The van der Waals surface area contributed by atoms with E-state index in [0.29, 0.717) is 11.5 Å². The SMILES string of the molecule is COC(=O)c1n[nH]nc1-c1ncnn1C. The van der Waals surface area contributed by atoms with Crippen LogP contribution < -0.4 is 0 Å². The minimum Gasteiger partial charge on any atom is -0.464 e. The van der Waals surface area contributed by atoms with E-state index in [2.05, 4.69) is 30.2 Å². The summed E-state index contributed by atoms with van der Waals surface area (Å²) in [6, 6.07) is 0. The number of nitrogens with one attached hydrogen (secondary N) is 1. The molecule has 78 valence electrons. The number of carbonyl (C=O) groups excluding carboxylic acids is 1. The van der Waals surface area contributed by atoms with Crippen LogP contribution in [0.4, 0.5) is 0 Å². The Morgan fingerprint density at radius 3 is 2.93 bits per heavy atom. The lowest BCUT2D eigenvalue weighted by Crippen LogP contribution is -2.05.